The van der Waals surface area contributed by atoms with Crippen LogP contribution in [0.1, 0.15) is 0 Å². The molecule has 6 N–H and O–H groups in total. The van der Waals surface area contributed by atoms with Crippen LogP contribution >= 0.6 is 0 Å². The molecule has 0 radical (unpaired) electrons. The number of nitro benzene ring substituents is 2. The minimum Gasteiger partial charge on any atom is -0.306 e. The summed E-state index contributed by atoms with van der Waals surface area (Å²) in [6.45, 7) is 0. The monoisotopic (exact) mass is 722 g/mol. The van der Waals surface area contributed by atoms with Gasteiger partial charge in [0.15, 0.2) is 0 Å². The van der Waals surface area contributed by atoms with Gasteiger partial charge in [0.25, 0.3) is 51.8 Å². The van der Waals surface area contributed by atoms with Crippen LogP contribution in [0.4, 0.5) is 27.5 Å². The predicted molar refractivity (Wildman–Crippen MR) is 153 cm³/mol. The molecule has 0 spiro atoms. The molecule has 0 saturated carbocycles. The molecule has 2 amide bonds. The standard InChI is InChI=1S/C21H14N4O17S4/c26-21(22-15-3-1-11-13(19(15)45(37,38)39)5-9(24(27)28)7-17(11)43(31,32)33)23-16-4-2-12-14(20(16)46(40,41)42)6-10(25(29)30)8-18(12)44(34,35)36/h1-8H,(H2,22,23,26)(H,31,32,33)(H,34,35,36)(H,37,38,39)(H,40,41,42). The molecular formula is C21H14N4O17S4. The van der Waals surface area contributed by atoms with E-state index in [1.165, 1.54) is 0 Å². The van der Waals surface area contributed by atoms with Crippen LogP contribution in [-0.4, -0.2) is 67.8 Å². The summed E-state index contributed by atoms with van der Waals surface area (Å²) in [5, 5.41) is 23.4. The highest BCUT2D eigenvalue weighted by Gasteiger charge is 2.30. The Morgan fingerprint density at radius 3 is 1.13 bits per heavy atom. The lowest BCUT2D eigenvalue weighted by Crippen LogP contribution is -2.22. The van der Waals surface area contributed by atoms with Gasteiger partial charge in [0.05, 0.1) is 21.2 Å². The molecule has 25 heteroatoms. The summed E-state index contributed by atoms with van der Waals surface area (Å²) in [6.07, 6.45) is 0. The van der Waals surface area contributed by atoms with E-state index in [1.807, 2.05) is 10.6 Å². The fourth-order valence-electron chi connectivity index (χ4n) is 4.38. The number of nitrogens with zero attached hydrogens (tertiary/aromatic N) is 2. The van der Waals surface area contributed by atoms with Crippen molar-refractivity contribution in [2.75, 3.05) is 10.6 Å². The maximum atomic E-state index is 13.0. The Bertz CT molecular complexity index is 2320. The number of hydrogen-bond acceptors (Lipinski definition) is 13. The fourth-order valence-corrected chi connectivity index (χ4v) is 7.52. The van der Waals surface area contributed by atoms with E-state index in [0.717, 1.165) is 12.1 Å². The second-order valence-corrected chi connectivity index (χ2v) is 14.5. The van der Waals surface area contributed by atoms with Crippen molar-refractivity contribution in [1.82, 2.24) is 0 Å². The number of fused-ring (bicyclic) bond motifs is 2. The van der Waals surface area contributed by atoms with Crippen molar-refractivity contribution >= 4 is 90.8 Å². The number of benzene rings is 4. The van der Waals surface area contributed by atoms with Crippen LogP contribution in [0.5, 0.6) is 0 Å². The molecule has 0 unspecified atom stereocenters. The number of rotatable bonds is 8. The molecule has 0 aliphatic heterocycles. The fraction of sp³-hybridized carbons (Fsp3) is 0. The highest BCUT2D eigenvalue weighted by Crippen LogP contribution is 2.39. The lowest BCUT2D eigenvalue weighted by Gasteiger charge is -2.16. The summed E-state index contributed by atoms with van der Waals surface area (Å²) in [7, 11) is -21.5. The van der Waals surface area contributed by atoms with Crippen molar-refractivity contribution in [3.8, 4) is 0 Å². The molecule has 0 fully saturated rings. The third-order valence-corrected chi connectivity index (χ3v) is 9.75. The van der Waals surface area contributed by atoms with Gasteiger partial charge in [0.1, 0.15) is 19.6 Å². The zero-order valence-corrected chi connectivity index (χ0v) is 25.0. The van der Waals surface area contributed by atoms with Gasteiger partial charge in [-0.15, -0.1) is 0 Å². The van der Waals surface area contributed by atoms with Crippen LogP contribution in [0.3, 0.4) is 0 Å². The van der Waals surface area contributed by atoms with Crippen molar-refractivity contribution in [2.45, 2.75) is 19.6 Å². The van der Waals surface area contributed by atoms with E-state index >= 15 is 0 Å². The number of urea groups is 1. The number of amides is 2. The smallest absolute Gasteiger partial charge is 0.306 e. The zero-order valence-electron chi connectivity index (χ0n) is 21.7. The minimum absolute atomic E-state index is 0.389. The van der Waals surface area contributed by atoms with Crippen LogP contribution < -0.4 is 10.6 Å². The molecule has 0 atom stereocenters. The van der Waals surface area contributed by atoms with Gasteiger partial charge < -0.3 is 10.6 Å². The number of nitrogens with one attached hydrogen (secondary N) is 2. The molecule has 4 aromatic carbocycles. The molecule has 46 heavy (non-hydrogen) atoms. The molecule has 4 rings (SSSR count). The number of anilines is 2. The first-order chi connectivity index (χ1) is 20.9. The summed E-state index contributed by atoms with van der Waals surface area (Å²) in [4.78, 5) is 28.4. The zero-order chi connectivity index (χ0) is 34.7. The van der Waals surface area contributed by atoms with Crippen molar-refractivity contribution in [2.24, 2.45) is 0 Å². The molecule has 4 aromatic rings. The molecular weight excluding hydrogens is 709 g/mol. The Kier molecular flexibility index (Phi) is 8.25. The van der Waals surface area contributed by atoms with Gasteiger partial charge in [0, 0.05) is 45.8 Å². The Morgan fingerprint density at radius 1 is 0.543 bits per heavy atom. The number of non-ortho nitro benzene ring substituents is 2. The molecule has 0 aliphatic rings. The van der Waals surface area contributed by atoms with E-state index in [9.17, 15) is 76.9 Å². The highest BCUT2D eigenvalue weighted by molar-refractivity contribution is 7.87. The van der Waals surface area contributed by atoms with Gasteiger partial charge in [-0.05, 0) is 12.1 Å². The first-order valence-corrected chi connectivity index (χ1v) is 17.2. The summed E-state index contributed by atoms with van der Waals surface area (Å²) < 4.78 is 136. The Morgan fingerprint density at radius 2 is 0.870 bits per heavy atom. The van der Waals surface area contributed by atoms with E-state index < -0.39 is 120 Å². The average Bonchev–Trinajstić information content (AvgIpc) is 2.88. The SMILES string of the molecule is O=C(Nc1ccc2c(S(=O)(=O)O)cc([N+](=O)[O-])cc2c1S(=O)(=O)O)Nc1ccc2c(S(=O)(=O)O)cc([N+](=O)[O-])cc2c1S(=O)(=O)O. The van der Waals surface area contributed by atoms with Crippen LogP contribution in [0.25, 0.3) is 21.5 Å². The molecule has 0 aromatic heterocycles. The summed E-state index contributed by atoms with van der Waals surface area (Å²) in [6, 6.07) is 3.11. The topological polar surface area (TPSA) is 345 Å². The molecule has 244 valence electrons. The Hall–Kier alpha value is -4.89. The molecule has 21 nitrogen and oxygen atoms in total. The van der Waals surface area contributed by atoms with Gasteiger partial charge in [-0.2, -0.15) is 33.7 Å². The molecule has 0 saturated heterocycles. The van der Waals surface area contributed by atoms with Gasteiger partial charge in [-0.1, -0.05) is 12.1 Å². The van der Waals surface area contributed by atoms with Crippen molar-refractivity contribution in [3.05, 3.63) is 68.8 Å². The Balaban J connectivity index is 1.94. The lowest BCUT2D eigenvalue weighted by atomic mass is 10.1. The molecule has 0 heterocycles. The number of carbonyl (C=O) groups is 1. The van der Waals surface area contributed by atoms with Gasteiger partial charge in [0.2, 0.25) is 0 Å². The van der Waals surface area contributed by atoms with Crippen LogP contribution in [-0.2, 0) is 40.5 Å². The second kappa shape index (κ2) is 11.2. The third kappa shape index (κ3) is 6.55. The molecule has 0 bridgehead atoms. The summed E-state index contributed by atoms with van der Waals surface area (Å²) in [5.41, 5.74) is -3.93. The minimum atomic E-state index is -5.50. The first kappa shape index (κ1) is 34.0. The summed E-state index contributed by atoms with van der Waals surface area (Å²) in [5.74, 6) is 0. The maximum Gasteiger partial charge on any atom is 0.323 e. The third-order valence-electron chi connectivity index (χ3n) is 6.06. The van der Waals surface area contributed by atoms with Crippen molar-refractivity contribution < 1.29 is 66.5 Å². The van der Waals surface area contributed by atoms with E-state index in [1.54, 1.807) is 0 Å². The van der Waals surface area contributed by atoms with Gasteiger partial charge >= 0.3 is 6.03 Å². The first-order valence-electron chi connectivity index (χ1n) is 11.4. The van der Waals surface area contributed by atoms with Crippen LogP contribution in [0, 0.1) is 20.2 Å². The van der Waals surface area contributed by atoms with Crippen molar-refractivity contribution in [1.29, 1.82) is 0 Å². The van der Waals surface area contributed by atoms with Gasteiger partial charge in [-0.25, -0.2) is 4.79 Å². The average molecular weight is 723 g/mol. The van der Waals surface area contributed by atoms with Gasteiger partial charge in [-0.3, -0.25) is 38.4 Å². The number of nitro groups is 2. The number of carbonyl (C=O) groups excluding carboxylic acids is 1. The normalized spacial score (nSPS) is 12.6. The summed E-state index contributed by atoms with van der Waals surface area (Å²) >= 11 is 0. The van der Waals surface area contributed by atoms with E-state index in [2.05, 4.69) is 0 Å². The van der Waals surface area contributed by atoms with Crippen LogP contribution in [0.15, 0.2) is 68.1 Å². The van der Waals surface area contributed by atoms with Crippen molar-refractivity contribution in [3.63, 3.8) is 0 Å². The highest BCUT2D eigenvalue weighted by atomic mass is 32.2. The second-order valence-electron chi connectivity index (χ2n) is 8.96. The van der Waals surface area contributed by atoms with E-state index in [4.69, 9.17) is 0 Å². The molecule has 0 aliphatic carbocycles. The van der Waals surface area contributed by atoms with E-state index in [-0.39, 0.29) is 0 Å². The number of hydrogen-bond donors (Lipinski definition) is 6. The predicted octanol–water partition coefficient (Wildman–Crippen LogP) is 2.44. The van der Waals surface area contributed by atoms with E-state index in [0.29, 0.717) is 36.4 Å². The largest absolute Gasteiger partial charge is 0.323 e. The maximum absolute atomic E-state index is 13.0. The van der Waals surface area contributed by atoms with Crippen LogP contribution in [0.2, 0.25) is 0 Å². The lowest BCUT2D eigenvalue weighted by molar-refractivity contribution is -0.385. The Labute approximate surface area is 255 Å². The quantitative estimate of drug-likeness (QED) is 0.0863.